The molecule has 1 aliphatic rings. The molecule has 6 nitrogen and oxygen atoms in total. The monoisotopic (exact) mass is 729 g/mol. The summed E-state index contributed by atoms with van der Waals surface area (Å²) in [5.74, 6) is -2.68. The van der Waals surface area contributed by atoms with Crippen molar-refractivity contribution in [3.63, 3.8) is 0 Å². The van der Waals surface area contributed by atoms with Gasteiger partial charge in [-0.05, 0) is 101 Å². The first-order chi connectivity index (χ1) is 21.1. The minimum Gasteiger partial charge on any atom is -0.390 e. The van der Waals surface area contributed by atoms with Crippen LogP contribution in [0.2, 0.25) is 5.02 Å². The Kier molecular flexibility index (Phi) is 10.3. The van der Waals surface area contributed by atoms with Crippen LogP contribution in [0.3, 0.4) is 0 Å². The fraction of sp³-hybridized carbons (Fsp3) is 0.235. The van der Waals surface area contributed by atoms with Crippen LogP contribution in [0.25, 0.3) is 0 Å². The first-order valence-corrected chi connectivity index (χ1v) is 15.6. The summed E-state index contributed by atoms with van der Waals surface area (Å²) in [6, 6.07) is 22.7. The quantitative estimate of drug-likeness (QED) is 0.157. The second-order valence-corrected chi connectivity index (χ2v) is 12.6. The largest absolute Gasteiger partial charge is 0.390 e. The summed E-state index contributed by atoms with van der Waals surface area (Å²) >= 11 is 8.86. The number of nitrogens with one attached hydrogen (secondary N) is 2. The minimum atomic E-state index is -1.06. The zero-order chi connectivity index (χ0) is 31.4. The first kappa shape index (κ1) is 32.0. The maximum Gasteiger partial charge on any atom is 0.258 e. The molecule has 3 N–H and O–H groups in total. The maximum atomic E-state index is 14.0. The summed E-state index contributed by atoms with van der Waals surface area (Å²) in [5, 5.41) is 17.5. The highest BCUT2D eigenvalue weighted by Gasteiger charge is 2.30. The number of rotatable bonds is 11. The molecule has 10 heteroatoms. The van der Waals surface area contributed by atoms with Crippen LogP contribution in [0.5, 0.6) is 0 Å². The van der Waals surface area contributed by atoms with Gasteiger partial charge in [0, 0.05) is 28.3 Å². The predicted molar refractivity (Wildman–Crippen MR) is 176 cm³/mol. The van der Waals surface area contributed by atoms with Gasteiger partial charge in [-0.25, -0.2) is 8.78 Å². The van der Waals surface area contributed by atoms with E-state index in [0.29, 0.717) is 40.5 Å². The van der Waals surface area contributed by atoms with E-state index >= 15 is 0 Å². The number of halogens is 4. The average Bonchev–Trinajstić information content (AvgIpc) is 3.31. The van der Waals surface area contributed by atoms with Crippen molar-refractivity contribution in [3.8, 4) is 0 Å². The van der Waals surface area contributed by atoms with Crippen LogP contribution < -0.4 is 15.5 Å². The SMILES string of the molecule is CC(C(=O)N[C@H](Cc1cc(F)cc(F)c1)[C@H](O)CNCc1cccc(I)c1)c1ccc(N2Cc3ccccc3C2=O)c(Cl)c1. The van der Waals surface area contributed by atoms with E-state index in [-0.39, 0.29) is 18.9 Å². The van der Waals surface area contributed by atoms with Gasteiger partial charge in [-0.1, -0.05) is 48.0 Å². The molecular formula is C34H31ClF2IN3O3. The molecule has 3 atom stereocenters. The molecule has 1 heterocycles. The molecule has 4 aromatic carbocycles. The summed E-state index contributed by atoms with van der Waals surface area (Å²) in [5.41, 5.74) is 4.05. The van der Waals surface area contributed by atoms with E-state index in [2.05, 4.69) is 33.2 Å². The fourth-order valence-electron chi connectivity index (χ4n) is 5.34. The molecule has 0 saturated carbocycles. The summed E-state index contributed by atoms with van der Waals surface area (Å²) in [4.78, 5) is 28.0. The van der Waals surface area contributed by atoms with Gasteiger partial charge in [0.2, 0.25) is 5.91 Å². The maximum absolute atomic E-state index is 14.0. The first-order valence-electron chi connectivity index (χ1n) is 14.2. The van der Waals surface area contributed by atoms with Gasteiger partial charge in [-0.2, -0.15) is 0 Å². The summed E-state index contributed by atoms with van der Waals surface area (Å²) in [7, 11) is 0. The molecule has 228 valence electrons. The number of aliphatic hydroxyl groups is 1. The predicted octanol–water partition coefficient (Wildman–Crippen LogP) is 6.36. The van der Waals surface area contributed by atoms with Crippen molar-refractivity contribution >= 4 is 51.7 Å². The number of hydrogen-bond acceptors (Lipinski definition) is 4. The Morgan fingerprint density at radius 1 is 1.00 bits per heavy atom. The fourth-order valence-corrected chi connectivity index (χ4v) is 6.24. The van der Waals surface area contributed by atoms with E-state index in [9.17, 15) is 23.5 Å². The Hall–Kier alpha value is -3.38. The highest BCUT2D eigenvalue weighted by Crippen LogP contribution is 2.35. The zero-order valence-electron chi connectivity index (χ0n) is 23.9. The topological polar surface area (TPSA) is 81.7 Å². The summed E-state index contributed by atoms with van der Waals surface area (Å²) in [6.45, 7) is 2.74. The van der Waals surface area contributed by atoms with Crippen molar-refractivity contribution in [1.29, 1.82) is 0 Å². The van der Waals surface area contributed by atoms with Gasteiger partial charge < -0.3 is 20.6 Å². The van der Waals surface area contributed by atoms with Gasteiger partial charge in [0.1, 0.15) is 11.6 Å². The molecule has 5 rings (SSSR count). The van der Waals surface area contributed by atoms with Gasteiger partial charge >= 0.3 is 0 Å². The number of carbonyl (C=O) groups excluding carboxylic acids is 2. The lowest BCUT2D eigenvalue weighted by atomic mass is 9.96. The second-order valence-electron chi connectivity index (χ2n) is 10.9. The molecule has 0 radical (unpaired) electrons. The van der Waals surface area contributed by atoms with Crippen LogP contribution in [-0.2, 0) is 24.3 Å². The van der Waals surface area contributed by atoms with Crippen molar-refractivity contribution in [2.45, 2.75) is 44.5 Å². The van der Waals surface area contributed by atoms with E-state index in [1.54, 1.807) is 36.1 Å². The van der Waals surface area contributed by atoms with Gasteiger partial charge in [0.15, 0.2) is 0 Å². The van der Waals surface area contributed by atoms with Crippen LogP contribution in [-0.4, -0.2) is 35.6 Å². The van der Waals surface area contributed by atoms with Crippen molar-refractivity contribution in [2.75, 3.05) is 11.4 Å². The Morgan fingerprint density at radius 3 is 2.45 bits per heavy atom. The van der Waals surface area contributed by atoms with Crippen LogP contribution in [0, 0.1) is 15.2 Å². The van der Waals surface area contributed by atoms with Crippen LogP contribution in [0.4, 0.5) is 14.5 Å². The summed E-state index contributed by atoms with van der Waals surface area (Å²) < 4.78 is 29.0. The van der Waals surface area contributed by atoms with Crippen molar-refractivity contribution in [1.82, 2.24) is 10.6 Å². The van der Waals surface area contributed by atoms with E-state index in [1.807, 2.05) is 42.5 Å². The number of nitrogens with zero attached hydrogens (tertiary/aromatic N) is 1. The van der Waals surface area contributed by atoms with E-state index < -0.39 is 35.6 Å². The van der Waals surface area contributed by atoms with Crippen molar-refractivity contribution in [3.05, 3.63) is 133 Å². The molecule has 1 unspecified atom stereocenters. The molecule has 2 amide bonds. The van der Waals surface area contributed by atoms with E-state index in [1.165, 1.54) is 12.1 Å². The Balaban J connectivity index is 1.29. The number of aliphatic hydroxyl groups excluding tert-OH is 1. The van der Waals surface area contributed by atoms with Crippen LogP contribution >= 0.6 is 34.2 Å². The number of hydrogen-bond donors (Lipinski definition) is 3. The zero-order valence-corrected chi connectivity index (χ0v) is 26.8. The number of carbonyl (C=O) groups is 2. The van der Waals surface area contributed by atoms with Crippen molar-refractivity contribution < 1.29 is 23.5 Å². The standard InChI is InChI=1S/C34H31ClF2IN3O3/c1-20(23-9-10-31(29(35)15-23)41-19-24-6-2-3-8-28(24)34(41)44)33(43)40-30(14-22-11-25(36)16-26(37)12-22)32(42)18-39-17-21-5-4-7-27(38)13-21/h2-13,15-16,20,30,32,39,42H,14,17-19H2,1H3,(H,40,43)/t20?,30-,32-/m1/s1. The third-order valence-corrected chi connectivity index (χ3v) is 8.69. The molecule has 0 saturated heterocycles. The third-order valence-electron chi connectivity index (χ3n) is 7.72. The number of benzene rings is 4. The Bertz CT molecular complexity index is 1670. The summed E-state index contributed by atoms with van der Waals surface area (Å²) in [6.07, 6.45) is -1.05. The van der Waals surface area contributed by atoms with Crippen LogP contribution in [0.15, 0.2) is 84.9 Å². The molecule has 0 fully saturated rings. The smallest absolute Gasteiger partial charge is 0.258 e. The lowest BCUT2D eigenvalue weighted by Crippen LogP contribution is -2.49. The Morgan fingerprint density at radius 2 is 1.75 bits per heavy atom. The van der Waals surface area contributed by atoms with Crippen molar-refractivity contribution in [2.24, 2.45) is 0 Å². The van der Waals surface area contributed by atoms with Gasteiger partial charge in [0.25, 0.3) is 5.91 Å². The molecule has 1 aliphatic heterocycles. The highest BCUT2D eigenvalue weighted by atomic mass is 127. The molecule has 0 bridgehead atoms. The number of amides is 2. The van der Waals surface area contributed by atoms with Gasteiger partial charge in [-0.3, -0.25) is 9.59 Å². The normalized spacial score (nSPS) is 14.7. The van der Waals surface area contributed by atoms with E-state index in [4.69, 9.17) is 11.6 Å². The number of anilines is 1. The minimum absolute atomic E-state index is 0.0105. The average molecular weight is 730 g/mol. The van der Waals surface area contributed by atoms with Crippen LogP contribution in [0.1, 0.15) is 45.5 Å². The molecule has 0 spiro atoms. The van der Waals surface area contributed by atoms with E-state index in [0.717, 1.165) is 20.8 Å². The molecule has 0 aliphatic carbocycles. The molecular weight excluding hydrogens is 699 g/mol. The third kappa shape index (κ3) is 7.63. The lowest BCUT2D eigenvalue weighted by molar-refractivity contribution is -0.123. The molecule has 4 aromatic rings. The Labute approximate surface area is 273 Å². The number of fused-ring (bicyclic) bond motifs is 1. The highest BCUT2D eigenvalue weighted by molar-refractivity contribution is 14.1. The molecule has 0 aromatic heterocycles. The van der Waals surface area contributed by atoms with Gasteiger partial charge in [-0.15, -0.1) is 0 Å². The molecule has 44 heavy (non-hydrogen) atoms. The lowest BCUT2D eigenvalue weighted by Gasteiger charge is -2.27. The van der Waals surface area contributed by atoms with Gasteiger partial charge in [0.05, 0.1) is 35.3 Å². The second kappa shape index (κ2) is 14.2.